The van der Waals surface area contributed by atoms with Gasteiger partial charge in [0, 0.05) is 18.5 Å². The fourth-order valence-corrected chi connectivity index (χ4v) is 1.90. The molecule has 16 heavy (non-hydrogen) atoms. The van der Waals surface area contributed by atoms with Crippen LogP contribution in [-0.4, -0.2) is 18.5 Å². The van der Waals surface area contributed by atoms with Crippen molar-refractivity contribution in [2.24, 2.45) is 17.1 Å². The van der Waals surface area contributed by atoms with Gasteiger partial charge in [-0.3, -0.25) is 4.79 Å². The number of carbonyl (C=O) groups is 1. The van der Waals surface area contributed by atoms with Crippen LogP contribution in [0, 0.1) is 11.3 Å². The Morgan fingerprint density at radius 3 is 2.38 bits per heavy atom. The summed E-state index contributed by atoms with van der Waals surface area (Å²) in [6.45, 7) is 6.81. The van der Waals surface area contributed by atoms with E-state index in [4.69, 9.17) is 5.73 Å². The van der Waals surface area contributed by atoms with Gasteiger partial charge in [-0.2, -0.15) is 0 Å². The van der Waals surface area contributed by atoms with Crippen LogP contribution in [0.15, 0.2) is 0 Å². The SMILES string of the molecule is CCCC1(CNC(=O)C(C)C(C)N)CC1.Cl. The highest BCUT2D eigenvalue weighted by Gasteiger charge is 2.41. The molecule has 0 spiro atoms. The maximum atomic E-state index is 11.7. The van der Waals surface area contributed by atoms with E-state index in [9.17, 15) is 4.79 Å². The molecule has 0 aromatic heterocycles. The van der Waals surface area contributed by atoms with E-state index >= 15 is 0 Å². The normalized spacial score (nSPS) is 20.5. The Labute approximate surface area is 105 Å². The topological polar surface area (TPSA) is 55.1 Å². The van der Waals surface area contributed by atoms with Crippen LogP contribution >= 0.6 is 12.4 Å². The Bertz CT molecular complexity index is 227. The zero-order valence-corrected chi connectivity index (χ0v) is 11.4. The number of hydrogen-bond acceptors (Lipinski definition) is 2. The average Bonchev–Trinajstić information content (AvgIpc) is 2.94. The number of nitrogens with two attached hydrogens (primary N) is 1. The molecular weight excluding hydrogens is 224 g/mol. The van der Waals surface area contributed by atoms with Crippen molar-refractivity contribution in [1.29, 1.82) is 0 Å². The fourth-order valence-electron chi connectivity index (χ4n) is 1.90. The van der Waals surface area contributed by atoms with Crippen LogP contribution in [-0.2, 0) is 4.79 Å². The lowest BCUT2D eigenvalue weighted by molar-refractivity contribution is -0.125. The van der Waals surface area contributed by atoms with Gasteiger partial charge in [0.05, 0.1) is 0 Å². The van der Waals surface area contributed by atoms with E-state index in [1.807, 2.05) is 13.8 Å². The van der Waals surface area contributed by atoms with Crippen molar-refractivity contribution in [3.63, 3.8) is 0 Å². The van der Waals surface area contributed by atoms with Crippen LogP contribution in [0.5, 0.6) is 0 Å². The lowest BCUT2D eigenvalue weighted by Gasteiger charge is -2.19. The van der Waals surface area contributed by atoms with Crippen LogP contribution < -0.4 is 11.1 Å². The summed E-state index contributed by atoms with van der Waals surface area (Å²) in [4.78, 5) is 11.7. The summed E-state index contributed by atoms with van der Waals surface area (Å²) in [5.41, 5.74) is 6.12. The summed E-state index contributed by atoms with van der Waals surface area (Å²) in [5.74, 6) is 0.0230. The van der Waals surface area contributed by atoms with Crippen LogP contribution in [0.3, 0.4) is 0 Å². The highest BCUT2D eigenvalue weighted by molar-refractivity contribution is 5.85. The van der Waals surface area contributed by atoms with Gasteiger partial charge in [-0.1, -0.05) is 20.3 Å². The van der Waals surface area contributed by atoms with Crippen molar-refractivity contribution in [3.8, 4) is 0 Å². The van der Waals surface area contributed by atoms with E-state index in [1.165, 1.54) is 25.7 Å². The van der Waals surface area contributed by atoms with Gasteiger partial charge in [-0.15, -0.1) is 12.4 Å². The summed E-state index contributed by atoms with van der Waals surface area (Å²) in [6, 6.07) is -0.0636. The maximum absolute atomic E-state index is 11.7. The molecule has 0 bridgehead atoms. The van der Waals surface area contributed by atoms with Crippen LogP contribution in [0.4, 0.5) is 0 Å². The van der Waals surface area contributed by atoms with Gasteiger partial charge >= 0.3 is 0 Å². The van der Waals surface area contributed by atoms with Gasteiger partial charge in [-0.25, -0.2) is 0 Å². The number of hydrogen-bond donors (Lipinski definition) is 2. The molecule has 2 atom stereocenters. The third-order valence-electron chi connectivity index (χ3n) is 3.58. The van der Waals surface area contributed by atoms with Crippen molar-refractivity contribution >= 4 is 18.3 Å². The van der Waals surface area contributed by atoms with Gasteiger partial charge in [0.25, 0.3) is 0 Å². The number of halogens is 1. The van der Waals surface area contributed by atoms with Crippen molar-refractivity contribution in [3.05, 3.63) is 0 Å². The van der Waals surface area contributed by atoms with Crippen molar-refractivity contribution in [2.45, 2.75) is 52.5 Å². The monoisotopic (exact) mass is 248 g/mol. The van der Waals surface area contributed by atoms with Gasteiger partial charge in [0.2, 0.25) is 5.91 Å². The molecule has 1 saturated carbocycles. The molecule has 0 heterocycles. The molecule has 1 amide bonds. The van der Waals surface area contributed by atoms with Gasteiger partial charge in [0.15, 0.2) is 0 Å². The highest BCUT2D eigenvalue weighted by Crippen LogP contribution is 2.48. The molecular formula is C12H25ClN2O. The minimum absolute atomic E-state index is 0. The molecule has 1 fully saturated rings. The molecule has 0 aromatic carbocycles. The first-order valence-corrected chi connectivity index (χ1v) is 6.04. The van der Waals surface area contributed by atoms with Gasteiger partial charge in [0.1, 0.15) is 0 Å². The Balaban J connectivity index is 0.00000225. The summed E-state index contributed by atoms with van der Waals surface area (Å²) in [5, 5.41) is 3.03. The Hall–Kier alpha value is -0.280. The fraction of sp³-hybridized carbons (Fsp3) is 0.917. The van der Waals surface area contributed by atoms with Crippen LogP contribution in [0.1, 0.15) is 46.5 Å². The third kappa shape index (κ3) is 4.30. The first-order chi connectivity index (χ1) is 7.01. The highest BCUT2D eigenvalue weighted by atomic mass is 35.5. The average molecular weight is 249 g/mol. The Morgan fingerprint density at radius 2 is 2.00 bits per heavy atom. The molecule has 0 saturated heterocycles. The quantitative estimate of drug-likeness (QED) is 0.756. The molecule has 0 radical (unpaired) electrons. The lowest BCUT2D eigenvalue weighted by Crippen LogP contribution is -2.40. The summed E-state index contributed by atoms with van der Waals surface area (Å²) < 4.78 is 0. The molecule has 3 N–H and O–H groups in total. The van der Waals surface area contributed by atoms with Crippen molar-refractivity contribution in [1.82, 2.24) is 5.32 Å². The summed E-state index contributed by atoms with van der Waals surface area (Å²) in [6.07, 6.45) is 4.99. The van der Waals surface area contributed by atoms with Crippen molar-refractivity contribution in [2.75, 3.05) is 6.54 Å². The van der Waals surface area contributed by atoms with E-state index in [0.29, 0.717) is 5.41 Å². The molecule has 0 aliphatic heterocycles. The van der Waals surface area contributed by atoms with E-state index in [1.54, 1.807) is 0 Å². The van der Waals surface area contributed by atoms with E-state index in [2.05, 4.69) is 12.2 Å². The molecule has 2 unspecified atom stereocenters. The van der Waals surface area contributed by atoms with Gasteiger partial charge in [-0.05, 0) is 31.6 Å². The second-order valence-corrected chi connectivity index (χ2v) is 5.12. The Morgan fingerprint density at radius 1 is 1.44 bits per heavy atom. The van der Waals surface area contributed by atoms with Crippen molar-refractivity contribution < 1.29 is 4.79 Å². The summed E-state index contributed by atoms with van der Waals surface area (Å²) >= 11 is 0. The first-order valence-electron chi connectivity index (χ1n) is 6.04. The molecule has 96 valence electrons. The molecule has 0 aromatic rings. The second-order valence-electron chi connectivity index (χ2n) is 5.12. The second kappa shape index (κ2) is 6.45. The zero-order chi connectivity index (χ0) is 11.5. The number of rotatable bonds is 6. The third-order valence-corrected chi connectivity index (χ3v) is 3.58. The standard InChI is InChI=1S/C12H24N2O.ClH/c1-4-5-12(6-7-12)8-14-11(15)9(2)10(3)13;/h9-10H,4-8,13H2,1-3H3,(H,14,15);1H. The molecule has 1 aliphatic carbocycles. The molecule has 1 aliphatic rings. The molecule has 3 nitrogen and oxygen atoms in total. The first kappa shape index (κ1) is 15.7. The van der Waals surface area contributed by atoms with E-state index in [-0.39, 0.29) is 30.3 Å². The van der Waals surface area contributed by atoms with Gasteiger partial charge < -0.3 is 11.1 Å². The number of amides is 1. The summed E-state index contributed by atoms with van der Waals surface area (Å²) in [7, 11) is 0. The lowest BCUT2D eigenvalue weighted by atomic mass is 9.99. The molecule has 1 rings (SSSR count). The minimum atomic E-state index is -0.0811. The number of carbonyl (C=O) groups excluding carboxylic acids is 1. The minimum Gasteiger partial charge on any atom is -0.355 e. The van der Waals surface area contributed by atoms with Crippen LogP contribution in [0.25, 0.3) is 0 Å². The smallest absolute Gasteiger partial charge is 0.224 e. The predicted molar refractivity (Wildman–Crippen MR) is 69.6 cm³/mol. The van der Waals surface area contributed by atoms with Crippen LogP contribution in [0.2, 0.25) is 0 Å². The number of nitrogens with one attached hydrogen (secondary N) is 1. The predicted octanol–water partition coefficient (Wildman–Crippen LogP) is 2.09. The van der Waals surface area contributed by atoms with E-state index in [0.717, 1.165) is 6.54 Å². The largest absolute Gasteiger partial charge is 0.355 e. The Kier molecular flexibility index (Phi) is 6.34. The maximum Gasteiger partial charge on any atom is 0.224 e. The zero-order valence-electron chi connectivity index (χ0n) is 10.6. The molecule has 4 heteroatoms. The van der Waals surface area contributed by atoms with E-state index < -0.39 is 0 Å².